The van der Waals surface area contributed by atoms with Crippen LogP contribution in [0.5, 0.6) is 11.5 Å². The molecule has 10 nitrogen and oxygen atoms in total. The summed E-state index contributed by atoms with van der Waals surface area (Å²) in [5, 5.41) is 9.09. The smallest absolute Gasteiger partial charge is 0.256 e. The number of halogens is 2. The number of aromatic nitrogens is 3. The van der Waals surface area contributed by atoms with Crippen LogP contribution in [0.15, 0.2) is 42.5 Å². The van der Waals surface area contributed by atoms with Gasteiger partial charge in [-0.05, 0) is 62.7 Å². The Kier molecular flexibility index (Phi) is 8.63. The van der Waals surface area contributed by atoms with Crippen molar-refractivity contribution in [3.63, 3.8) is 0 Å². The van der Waals surface area contributed by atoms with Crippen molar-refractivity contribution in [2.75, 3.05) is 64.3 Å². The van der Waals surface area contributed by atoms with Gasteiger partial charge in [0.1, 0.15) is 11.5 Å². The van der Waals surface area contributed by atoms with Crippen molar-refractivity contribution in [3.8, 4) is 22.8 Å². The van der Waals surface area contributed by atoms with Crippen molar-refractivity contribution < 1.29 is 19.0 Å². The van der Waals surface area contributed by atoms with Crippen LogP contribution in [0.2, 0.25) is 10.0 Å². The van der Waals surface area contributed by atoms with Crippen LogP contribution in [0.1, 0.15) is 35.8 Å². The van der Waals surface area contributed by atoms with Gasteiger partial charge in [-0.1, -0.05) is 23.2 Å². The highest BCUT2D eigenvalue weighted by Crippen LogP contribution is 2.46. The SMILES string of the molecule is COc1cc(OC)c(Cl)c(-c2ccc3c(NC(=O)c4ccc(N5CCN(C)CC5)cc4)nn(C4CCCCO4)c3n2)c1Cl. The first-order valence-electron chi connectivity index (χ1n) is 14.3. The van der Waals surface area contributed by atoms with Crippen molar-refractivity contribution in [1.82, 2.24) is 19.7 Å². The molecule has 4 heterocycles. The summed E-state index contributed by atoms with van der Waals surface area (Å²) in [6, 6.07) is 13.0. The molecular weight excluding hydrogens is 591 g/mol. The number of fused-ring (bicyclic) bond motifs is 1. The Morgan fingerprint density at radius 1 is 0.977 bits per heavy atom. The summed E-state index contributed by atoms with van der Waals surface area (Å²) in [4.78, 5) is 23.0. The van der Waals surface area contributed by atoms with E-state index in [0.29, 0.717) is 61.8 Å². The third kappa shape index (κ3) is 5.84. The van der Waals surface area contributed by atoms with E-state index in [1.54, 1.807) is 16.8 Å². The van der Waals surface area contributed by atoms with Crippen LogP contribution < -0.4 is 19.7 Å². The van der Waals surface area contributed by atoms with Gasteiger partial charge in [0.2, 0.25) is 0 Å². The third-order valence-corrected chi connectivity index (χ3v) is 8.79. The number of hydrogen-bond acceptors (Lipinski definition) is 8. The number of likely N-dealkylation sites (N-methyl/N-ethyl adjacent to an activating group) is 1. The molecule has 1 unspecified atom stereocenters. The Morgan fingerprint density at radius 3 is 2.30 bits per heavy atom. The minimum absolute atomic E-state index is 0.256. The standard InChI is InChI=1S/C31H34Cl2N6O4/c1-37-13-15-38(16-14-37)20-9-7-19(8-10-20)31(40)35-29-21-11-12-22(26-27(32)23(41-2)18-24(42-3)28(26)33)34-30(21)39(36-29)25-6-4-5-17-43-25/h7-12,18,25H,4-6,13-17H2,1-3H3,(H,35,36,40). The van der Waals surface area contributed by atoms with Crippen LogP contribution in [-0.4, -0.2) is 79.6 Å². The van der Waals surface area contributed by atoms with Crippen LogP contribution >= 0.6 is 23.2 Å². The highest BCUT2D eigenvalue weighted by atomic mass is 35.5. The molecule has 2 saturated heterocycles. The van der Waals surface area contributed by atoms with E-state index in [1.165, 1.54) is 14.2 Å². The van der Waals surface area contributed by atoms with E-state index in [9.17, 15) is 4.79 Å². The monoisotopic (exact) mass is 624 g/mol. The first-order valence-corrected chi connectivity index (χ1v) is 15.1. The average molecular weight is 626 g/mol. The summed E-state index contributed by atoms with van der Waals surface area (Å²) in [7, 11) is 5.19. The lowest BCUT2D eigenvalue weighted by Gasteiger charge is -2.34. The molecule has 2 aliphatic heterocycles. The maximum atomic E-state index is 13.4. The second-order valence-electron chi connectivity index (χ2n) is 10.8. The zero-order valence-corrected chi connectivity index (χ0v) is 25.9. The number of amides is 1. The highest BCUT2D eigenvalue weighted by molar-refractivity contribution is 6.41. The number of nitrogens with zero attached hydrogens (tertiary/aromatic N) is 5. The van der Waals surface area contributed by atoms with Gasteiger partial charge in [-0.15, -0.1) is 5.10 Å². The Hall–Kier alpha value is -3.57. The molecule has 4 aromatic rings. The lowest BCUT2D eigenvalue weighted by Crippen LogP contribution is -2.44. The number of benzene rings is 2. The Morgan fingerprint density at radius 2 is 1.67 bits per heavy atom. The summed E-state index contributed by atoms with van der Waals surface area (Å²) in [5.41, 5.74) is 3.18. The van der Waals surface area contributed by atoms with E-state index in [0.717, 1.165) is 51.1 Å². The van der Waals surface area contributed by atoms with E-state index in [-0.39, 0.29) is 12.1 Å². The molecule has 12 heteroatoms. The maximum Gasteiger partial charge on any atom is 0.256 e. The first-order chi connectivity index (χ1) is 20.9. The highest BCUT2D eigenvalue weighted by Gasteiger charge is 2.26. The molecular formula is C31H34Cl2N6O4. The second-order valence-corrected chi connectivity index (χ2v) is 11.5. The number of carbonyl (C=O) groups excluding carboxylic acids is 1. The number of hydrogen-bond donors (Lipinski definition) is 1. The van der Waals surface area contributed by atoms with E-state index in [2.05, 4.69) is 22.2 Å². The number of anilines is 2. The molecule has 2 fully saturated rings. The summed E-state index contributed by atoms with van der Waals surface area (Å²) < 4.78 is 18.7. The summed E-state index contributed by atoms with van der Waals surface area (Å²) in [6.07, 6.45) is 2.44. The fraction of sp³-hybridized carbons (Fsp3) is 0.387. The van der Waals surface area contributed by atoms with Gasteiger partial charge in [0, 0.05) is 55.7 Å². The number of pyridine rings is 1. The van der Waals surface area contributed by atoms with Crippen molar-refractivity contribution >= 4 is 51.6 Å². The fourth-order valence-corrected chi connectivity index (χ4v) is 6.24. The van der Waals surface area contributed by atoms with Crippen LogP contribution in [0.4, 0.5) is 11.5 Å². The van der Waals surface area contributed by atoms with Gasteiger partial charge in [-0.3, -0.25) is 4.79 Å². The number of ether oxygens (including phenoxy) is 3. The number of piperazine rings is 1. The van der Waals surface area contributed by atoms with Gasteiger partial charge in [0.25, 0.3) is 5.91 Å². The van der Waals surface area contributed by atoms with Crippen molar-refractivity contribution in [2.45, 2.75) is 25.5 Å². The van der Waals surface area contributed by atoms with Crippen LogP contribution in [-0.2, 0) is 4.74 Å². The van der Waals surface area contributed by atoms with Crippen LogP contribution in [0.3, 0.4) is 0 Å². The van der Waals surface area contributed by atoms with Gasteiger partial charge in [0.05, 0.1) is 35.3 Å². The molecule has 6 rings (SSSR count). The number of carbonyl (C=O) groups is 1. The van der Waals surface area contributed by atoms with Gasteiger partial charge in [-0.25, -0.2) is 9.67 Å². The Balaban J connectivity index is 1.35. The fourth-order valence-electron chi connectivity index (χ4n) is 5.54. The van der Waals surface area contributed by atoms with Crippen LogP contribution in [0, 0.1) is 0 Å². The van der Waals surface area contributed by atoms with Gasteiger partial charge in [0.15, 0.2) is 17.7 Å². The minimum atomic E-state index is -0.321. The largest absolute Gasteiger partial charge is 0.495 e. The molecule has 2 aliphatic rings. The lowest BCUT2D eigenvalue weighted by atomic mass is 10.1. The summed E-state index contributed by atoms with van der Waals surface area (Å²) in [5.74, 6) is 0.969. The molecule has 0 aliphatic carbocycles. The second kappa shape index (κ2) is 12.6. The topological polar surface area (TPSA) is 94.0 Å². The van der Waals surface area contributed by atoms with E-state index >= 15 is 0 Å². The Labute approximate surface area is 260 Å². The molecule has 0 saturated carbocycles. The number of nitrogens with one attached hydrogen (secondary N) is 1. The lowest BCUT2D eigenvalue weighted by molar-refractivity contribution is -0.0368. The zero-order valence-electron chi connectivity index (χ0n) is 24.4. The molecule has 226 valence electrons. The molecule has 1 amide bonds. The molecule has 1 atom stereocenters. The molecule has 0 spiro atoms. The predicted octanol–water partition coefficient (Wildman–Crippen LogP) is 6.13. The summed E-state index contributed by atoms with van der Waals surface area (Å²) >= 11 is 13.4. The van der Waals surface area contributed by atoms with Crippen molar-refractivity contribution in [1.29, 1.82) is 0 Å². The van der Waals surface area contributed by atoms with Crippen molar-refractivity contribution in [2.24, 2.45) is 0 Å². The molecule has 1 N–H and O–H groups in total. The average Bonchev–Trinajstić information content (AvgIpc) is 3.39. The van der Waals surface area contributed by atoms with E-state index < -0.39 is 0 Å². The van der Waals surface area contributed by atoms with Gasteiger partial charge < -0.3 is 29.3 Å². The Bertz CT molecular complexity index is 1600. The minimum Gasteiger partial charge on any atom is -0.495 e. The quantitative estimate of drug-likeness (QED) is 0.263. The maximum absolute atomic E-state index is 13.4. The van der Waals surface area contributed by atoms with Gasteiger partial charge >= 0.3 is 0 Å². The molecule has 2 aromatic carbocycles. The molecule has 0 radical (unpaired) electrons. The van der Waals surface area contributed by atoms with E-state index in [1.807, 2.05) is 30.3 Å². The number of rotatable bonds is 7. The first kappa shape index (κ1) is 29.5. The third-order valence-electron chi connectivity index (χ3n) is 8.04. The zero-order chi connectivity index (χ0) is 30.1. The molecule has 43 heavy (non-hydrogen) atoms. The predicted molar refractivity (Wildman–Crippen MR) is 169 cm³/mol. The summed E-state index contributed by atoms with van der Waals surface area (Å²) in [6.45, 7) is 4.58. The normalized spacial score (nSPS) is 17.7. The number of methoxy groups -OCH3 is 2. The van der Waals surface area contributed by atoms with Crippen molar-refractivity contribution in [3.05, 3.63) is 58.1 Å². The molecule has 2 aromatic heterocycles. The van der Waals surface area contributed by atoms with Crippen LogP contribution in [0.25, 0.3) is 22.3 Å². The molecule has 0 bridgehead atoms. The van der Waals surface area contributed by atoms with E-state index in [4.69, 9.17) is 47.5 Å². The van der Waals surface area contributed by atoms with Gasteiger partial charge in [-0.2, -0.15) is 0 Å².